The lowest BCUT2D eigenvalue weighted by Crippen LogP contribution is -2.54. The van der Waals surface area contributed by atoms with E-state index in [0.29, 0.717) is 26.3 Å². The van der Waals surface area contributed by atoms with Gasteiger partial charge in [0.15, 0.2) is 5.11 Å². The number of hydrogen-bond donors (Lipinski definition) is 1. The molecule has 0 aromatic heterocycles. The number of carbonyl (C=O) groups is 2. The summed E-state index contributed by atoms with van der Waals surface area (Å²) in [6.45, 7) is 0. The highest BCUT2D eigenvalue weighted by Gasteiger charge is 2.34. The predicted molar refractivity (Wildman–Crippen MR) is 104 cm³/mol. The van der Waals surface area contributed by atoms with Crippen LogP contribution in [0.3, 0.4) is 0 Å². The average molecular weight is 412 g/mol. The van der Waals surface area contributed by atoms with E-state index in [0.717, 1.165) is 0 Å². The van der Waals surface area contributed by atoms with Crippen LogP contribution in [0.4, 0.5) is 5.69 Å². The van der Waals surface area contributed by atoms with Gasteiger partial charge in [-0.15, -0.1) is 0 Å². The SMILES string of the molecule is O=C1NC(=S)N(c2ccc(Cl)cc2)C(=O)/C1=C/c1ccc(Cl)cc1Cl. The third kappa shape index (κ3) is 3.70. The maximum Gasteiger partial charge on any atom is 0.270 e. The first kappa shape index (κ1) is 17.9. The highest BCUT2D eigenvalue weighted by Crippen LogP contribution is 2.26. The molecule has 4 nitrogen and oxygen atoms in total. The van der Waals surface area contributed by atoms with Gasteiger partial charge in [0, 0.05) is 15.1 Å². The lowest BCUT2D eigenvalue weighted by molar-refractivity contribution is -0.122. The lowest BCUT2D eigenvalue weighted by Gasteiger charge is -2.29. The second-order valence-electron chi connectivity index (χ2n) is 5.10. The summed E-state index contributed by atoms with van der Waals surface area (Å²) in [6, 6.07) is 11.3. The molecule has 0 unspecified atom stereocenters. The van der Waals surface area contributed by atoms with Gasteiger partial charge >= 0.3 is 0 Å². The standard InChI is InChI=1S/C17H9Cl3N2O2S/c18-10-3-5-12(6-4-10)22-16(24)13(15(23)21-17(22)25)7-9-1-2-11(19)8-14(9)20/h1-8H,(H,21,23,25)/b13-7+. The second kappa shape index (κ2) is 7.14. The maximum absolute atomic E-state index is 12.8. The van der Waals surface area contributed by atoms with Gasteiger partial charge in [0.25, 0.3) is 11.8 Å². The van der Waals surface area contributed by atoms with Crippen molar-refractivity contribution < 1.29 is 9.59 Å². The number of carbonyl (C=O) groups excluding carboxylic acids is 2. The first-order valence-electron chi connectivity index (χ1n) is 6.99. The Labute approximate surface area is 164 Å². The summed E-state index contributed by atoms with van der Waals surface area (Å²) < 4.78 is 0. The Morgan fingerprint density at radius 3 is 2.24 bits per heavy atom. The Morgan fingerprint density at radius 1 is 0.960 bits per heavy atom. The fraction of sp³-hybridized carbons (Fsp3) is 0. The van der Waals surface area contributed by atoms with Crippen molar-refractivity contribution in [2.45, 2.75) is 0 Å². The quantitative estimate of drug-likeness (QED) is 0.450. The minimum Gasteiger partial charge on any atom is -0.298 e. The average Bonchev–Trinajstić information content (AvgIpc) is 2.55. The Kier molecular flexibility index (Phi) is 5.11. The van der Waals surface area contributed by atoms with Crippen molar-refractivity contribution in [1.29, 1.82) is 0 Å². The second-order valence-corrected chi connectivity index (χ2v) is 6.77. The van der Waals surface area contributed by atoms with E-state index in [9.17, 15) is 9.59 Å². The number of hydrogen-bond acceptors (Lipinski definition) is 3. The van der Waals surface area contributed by atoms with Gasteiger partial charge in [-0.1, -0.05) is 40.9 Å². The predicted octanol–water partition coefficient (Wildman–Crippen LogP) is 4.48. The van der Waals surface area contributed by atoms with Crippen molar-refractivity contribution in [1.82, 2.24) is 5.32 Å². The van der Waals surface area contributed by atoms with Crippen molar-refractivity contribution in [3.8, 4) is 0 Å². The summed E-state index contributed by atoms with van der Waals surface area (Å²) in [6.07, 6.45) is 1.40. The van der Waals surface area contributed by atoms with Gasteiger partial charge in [-0.25, -0.2) is 0 Å². The monoisotopic (exact) mass is 410 g/mol. The molecule has 0 radical (unpaired) electrons. The van der Waals surface area contributed by atoms with Gasteiger partial charge in [-0.3, -0.25) is 19.8 Å². The zero-order valence-electron chi connectivity index (χ0n) is 12.4. The topological polar surface area (TPSA) is 49.4 Å². The molecule has 8 heteroatoms. The van der Waals surface area contributed by atoms with Gasteiger partial charge in [0.05, 0.1) is 5.69 Å². The highest BCUT2D eigenvalue weighted by atomic mass is 35.5. The van der Waals surface area contributed by atoms with Gasteiger partial charge in [-0.05, 0) is 60.3 Å². The molecule has 2 amide bonds. The number of halogens is 3. The van der Waals surface area contributed by atoms with Crippen LogP contribution in [-0.4, -0.2) is 16.9 Å². The molecule has 1 aliphatic rings. The van der Waals surface area contributed by atoms with Crippen LogP contribution in [0.1, 0.15) is 5.56 Å². The number of thiocarbonyl (C=S) groups is 1. The Hall–Kier alpha value is -1.92. The van der Waals surface area contributed by atoms with Crippen LogP contribution < -0.4 is 10.2 Å². The van der Waals surface area contributed by atoms with E-state index in [2.05, 4.69) is 5.32 Å². The fourth-order valence-corrected chi connectivity index (χ4v) is 3.13. The van der Waals surface area contributed by atoms with Gasteiger partial charge < -0.3 is 0 Å². The summed E-state index contributed by atoms with van der Waals surface area (Å²) in [4.78, 5) is 26.3. The van der Waals surface area contributed by atoms with E-state index in [1.165, 1.54) is 17.0 Å². The zero-order valence-corrected chi connectivity index (χ0v) is 15.5. The van der Waals surface area contributed by atoms with E-state index in [1.807, 2.05) is 0 Å². The van der Waals surface area contributed by atoms with E-state index >= 15 is 0 Å². The Bertz CT molecular complexity index is 926. The molecule has 2 aromatic carbocycles. The van der Waals surface area contributed by atoms with Crippen LogP contribution in [0.25, 0.3) is 6.08 Å². The summed E-state index contributed by atoms with van der Waals surface area (Å²) in [5.41, 5.74) is 0.897. The fourth-order valence-electron chi connectivity index (χ4n) is 2.26. The number of nitrogens with zero attached hydrogens (tertiary/aromatic N) is 1. The first-order valence-corrected chi connectivity index (χ1v) is 8.53. The molecule has 0 spiro atoms. The molecule has 0 bridgehead atoms. The molecule has 0 saturated carbocycles. The number of anilines is 1. The van der Waals surface area contributed by atoms with Crippen molar-refractivity contribution in [3.63, 3.8) is 0 Å². The third-order valence-electron chi connectivity index (χ3n) is 3.45. The van der Waals surface area contributed by atoms with Crippen LogP contribution in [0.5, 0.6) is 0 Å². The summed E-state index contributed by atoms with van der Waals surface area (Å²) in [5.74, 6) is -1.15. The van der Waals surface area contributed by atoms with E-state index in [4.69, 9.17) is 47.0 Å². The number of nitrogens with one attached hydrogen (secondary N) is 1. The molecule has 1 fully saturated rings. The smallest absolute Gasteiger partial charge is 0.270 e. The molecule has 0 aliphatic carbocycles. The molecule has 3 rings (SSSR count). The first-order chi connectivity index (χ1) is 11.9. The van der Waals surface area contributed by atoms with Crippen molar-refractivity contribution >= 4 is 75.7 Å². The van der Waals surface area contributed by atoms with Crippen LogP contribution in [0, 0.1) is 0 Å². The zero-order chi connectivity index (χ0) is 18.1. The minimum atomic E-state index is -0.591. The summed E-state index contributed by atoms with van der Waals surface area (Å²) >= 11 is 23.0. The summed E-state index contributed by atoms with van der Waals surface area (Å²) in [5, 5.41) is 3.80. The molecular weight excluding hydrogens is 403 g/mol. The van der Waals surface area contributed by atoms with Gasteiger partial charge in [0.2, 0.25) is 0 Å². The normalized spacial score (nSPS) is 16.4. The Balaban J connectivity index is 2.03. The molecule has 2 aromatic rings. The van der Waals surface area contributed by atoms with Crippen molar-refractivity contribution in [2.75, 3.05) is 4.90 Å². The number of benzene rings is 2. The molecule has 1 N–H and O–H groups in total. The number of rotatable bonds is 2. The van der Waals surface area contributed by atoms with Crippen LogP contribution in [-0.2, 0) is 9.59 Å². The molecular formula is C17H9Cl3N2O2S. The Morgan fingerprint density at radius 2 is 1.60 bits per heavy atom. The molecule has 1 saturated heterocycles. The molecule has 25 heavy (non-hydrogen) atoms. The van der Waals surface area contributed by atoms with Crippen LogP contribution >= 0.6 is 47.0 Å². The van der Waals surface area contributed by atoms with Crippen LogP contribution in [0.2, 0.25) is 15.1 Å². The maximum atomic E-state index is 12.8. The molecule has 0 atom stereocenters. The number of amides is 2. The van der Waals surface area contributed by atoms with Crippen molar-refractivity contribution in [2.24, 2.45) is 0 Å². The summed E-state index contributed by atoms with van der Waals surface area (Å²) in [7, 11) is 0. The highest BCUT2D eigenvalue weighted by molar-refractivity contribution is 7.80. The minimum absolute atomic E-state index is 0.00308. The van der Waals surface area contributed by atoms with Crippen molar-refractivity contribution in [3.05, 3.63) is 68.7 Å². The third-order valence-corrected chi connectivity index (χ3v) is 4.55. The van der Waals surface area contributed by atoms with Gasteiger partial charge in [-0.2, -0.15) is 0 Å². The molecule has 126 valence electrons. The van der Waals surface area contributed by atoms with E-state index in [-0.39, 0.29) is 10.7 Å². The van der Waals surface area contributed by atoms with Gasteiger partial charge in [0.1, 0.15) is 5.57 Å². The van der Waals surface area contributed by atoms with E-state index < -0.39 is 11.8 Å². The van der Waals surface area contributed by atoms with E-state index in [1.54, 1.807) is 36.4 Å². The lowest BCUT2D eigenvalue weighted by atomic mass is 10.1. The largest absolute Gasteiger partial charge is 0.298 e. The molecule has 1 heterocycles. The molecule has 1 aliphatic heterocycles. The van der Waals surface area contributed by atoms with Crippen LogP contribution in [0.15, 0.2) is 48.0 Å².